The molecule has 1 N–H and O–H groups in total. The van der Waals surface area contributed by atoms with Crippen LogP contribution in [-0.4, -0.2) is 67.0 Å². The van der Waals surface area contributed by atoms with Gasteiger partial charge in [-0.15, -0.1) is 0 Å². The summed E-state index contributed by atoms with van der Waals surface area (Å²) >= 11 is 0. The van der Waals surface area contributed by atoms with Crippen LogP contribution in [0.4, 0.5) is 0 Å². The van der Waals surface area contributed by atoms with Crippen molar-refractivity contribution in [3.63, 3.8) is 0 Å². The molecule has 1 aliphatic rings. The van der Waals surface area contributed by atoms with Crippen molar-refractivity contribution in [2.75, 3.05) is 40.4 Å². The molecular weight excluding hydrogens is 448 g/mol. The molecule has 1 amide bonds. The van der Waals surface area contributed by atoms with Crippen LogP contribution in [0.3, 0.4) is 0 Å². The number of carbonyl (C=O) groups is 2. The predicted octanol–water partition coefficient (Wildman–Crippen LogP) is 4.70. The van der Waals surface area contributed by atoms with E-state index in [0.717, 1.165) is 19.4 Å². The van der Waals surface area contributed by atoms with Gasteiger partial charge < -0.3 is 28.8 Å². The van der Waals surface area contributed by atoms with Gasteiger partial charge in [0.2, 0.25) is 5.78 Å². The third-order valence-electron chi connectivity index (χ3n) is 5.86. The van der Waals surface area contributed by atoms with Gasteiger partial charge in [-0.05, 0) is 77.2 Å². The fourth-order valence-corrected chi connectivity index (χ4v) is 4.12. The van der Waals surface area contributed by atoms with Crippen LogP contribution >= 0.6 is 0 Å². The molecule has 1 aromatic heterocycles. The third-order valence-corrected chi connectivity index (χ3v) is 5.86. The average molecular weight is 485 g/mol. The summed E-state index contributed by atoms with van der Waals surface area (Å²) in [6.45, 7) is 7.84. The van der Waals surface area contributed by atoms with Crippen LogP contribution in [0.2, 0.25) is 0 Å². The van der Waals surface area contributed by atoms with Crippen molar-refractivity contribution in [2.24, 2.45) is 0 Å². The molecule has 0 fully saturated rings. The number of hydrogen-bond acceptors (Lipinski definition) is 7. The van der Waals surface area contributed by atoms with Crippen LogP contribution in [0.15, 0.2) is 46.1 Å². The molecule has 0 aliphatic carbocycles. The molecule has 3 rings (SSSR count). The number of carbonyl (C=O) groups excluding carboxylic acids is 2. The summed E-state index contributed by atoms with van der Waals surface area (Å²) in [5.41, 5.74) is 0.668. The Bertz CT molecular complexity index is 1070. The Morgan fingerprint density at radius 2 is 1.89 bits per heavy atom. The van der Waals surface area contributed by atoms with E-state index in [1.54, 1.807) is 36.1 Å². The molecule has 35 heavy (non-hydrogen) atoms. The molecule has 0 spiro atoms. The molecule has 1 unspecified atom stereocenters. The lowest BCUT2D eigenvalue weighted by Gasteiger charge is -2.28. The van der Waals surface area contributed by atoms with Crippen LogP contribution in [0.1, 0.15) is 61.0 Å². The van der Waals surface area contributed by atoms with Gasteiger partial charge in [-0.25, -0.2) is 0 Å². The smallest absolute Gasteiger partial charge is 0.290 e. The maximum atomic E-state index is 13.4. The van der Waals surface area contributed by atoms with E-state index < -0.39 is 23.5 Å². The van der Waals surface area contributed by atoms with Gasteiger partial charge in [0.25, 0.3) is 5.91 Å². The molecule has 0 saturated carbocycles. The van der Waals surface area contributed by atoms with Gasteiger partial charge in [0.05, 0.1) is 24.8 Å². The van der Waals surface area contributed by atoms with Gasteiger partial charge >= 0.3 is 0 Å². The normalized spacial score (nSPS) is 15.9. The Kier molecular flexibility index (Phi) is 8.98. The maximum Gasteiger partial charge on any atom is 0.290 e. The number of nitrogens with zero attached hydrogens (tertiary/aromatic N) is 2. The fourth-order valence-electron chi connectivity index (χ4n) is 4.12. The molecule has 8 nitrogen and oxygen atoms in total. The standard InChI is InChI=1S/C27H36N2O6/c1-6-8-16-34-20-13-11-19(17-22(20)33-7-2)24-23(25(30)21-12-10-18(3)35-21)26(31)27(32)29(24)15-9-14-28(4)5/h10-13,17,24,31H,6-9,14-16H2,1-5H3. The Hall–Kier alpha value is -3.26. The number of hydrogen-bond donors (Lipinski definition) is 1. The monoisotopic (exact) mass is 484 g/mol. The Labute approximate surface area is 207 Å². The number of aliphatic hydroxyl groups excluding tert-OH is 1. The second kappa shape index (κ2) is 11.9. The number of aliphatic hydroxyl groups is 1. The van der Waals surface area contributed by atoms with E-state index in [9.17, 15) is 14.7 Å². The van der Waals surface area contributed by atoms with Crippen molar-refractivity contribution in [3.8, 4) is 11.5 Å². The summed E-state index contributed by atoms with van der Waals surface area (Å²) in [7, 11) is 3.91. The number of rotatable bonds is 13. The number of furan rings is 1. The van der Waals surface area contributed by atoms with Crippen molar-refractivity contribution in [1.29, 1.82) is 0 Å². The van der Waals surface area contributed by atoms with E-state index in [1.807, 2.05) is 32.0 Å². The van der Waals surface area contributed by atoms with E-state index in [4.69, 9.17) is 13.9 Å². The Morgan fingerprint density at radius 3 is 2.51 bits per heavy atom. The summed E-state index contributed by atoms with van der Waals surface area (Å²) in [4.78, 5) is 30.1. The first-order valence-electron chi connectivity index (χ1n) is 12.2. The highest BCUT2D eigenvalue weighted by Crippen LogP contribution is 2.42. The Balaban J connectivity index is 2.03. The zero-order valence-corrected chi connectivity index (χ0v) is 21.3. The number of ketones is 1. The highest BCUT2D eigenvalue weighted by Gasteiger charge is 2.44. The van der Waals surface area contributed by atoms with Crippen LogP contribution < -0.4 is 9.47 Å². The zero-order valence-electron chi connectivity index (χ0n) is 21.3. The molecule has 1 aliphatic heterocycles. The van der Waals surface area contributed by atoms with Crippen molar-refractivity contribution in [3.05, 3.63) is 58.7 Å². The van der Waals surface area contributed by atoms with Gasteiger partial charge in [0, 0.05) is 6.54 Å². The van der Waals surface area contributed by atoms with Crippen LogP contribution in [0.5, 0.6) is 11.5 Å². The first-order valence-corrected chi connectivity index (χ1v) is 12.2. The molecule has 2 heterocycles. The molecule has 0 saturated heterocycles. The van der Waals surface area contributed by atoms with Gasteiger partial charge in [-0.2, -0.15) is 0 Å². The van der Waals surface area contributed by atoms with Crippen LogP contribution in [0.25, 0.3) is 0 Å². The predicted molar refractivity (Wildman–Crippen MR) is 133 cm³/mol. The zero-order chi connectivity index (χ0) is 25.5. The highest BCUT2D eigenvalue weighted by atomic mass is 16.5. The van der Waals surface area contributed by atoms with Gasteiger partial charge in [0.1, 0.15) is 5.76 Å². The van der Waals surface area contributed by atoms with E-state index >= 15 is 0 Å². The quantitative estimate of drug-likeness (QED) is 0.326. The number of aryl methyl sites for hydroxylation is 1. The minimum atomic E-state index is -0.772. The van der Waals surface area contributed by atoms with E-state index in [2.05, 4.69) is 6.92 Å². The number of unbranched alkanes of at least 4 members (excludes halogenated alkanes) is 1. The lowest BCUT2D eigenvalue weighted by Crippen LogP contribution is -2.33. The summed E-state index contributed by atoms with van der Waals surface area (Å²) < 4.78 is 17.3. The molecule has 0 bridgehead atoms. The number of benzene rings is 1. The summed E-state index contributed by atoms with van der Waals surface area (Å²) in [5.74, 6) is 0.182. The third kappa shape index (κ3) is 6.06. The second-order valence-corrected chi connectivity index (χ2v) is 8.90. The van der Waals surface area contributed by atoms with Crippen LogP contribution in [-0.2, 0) is 4.79 Å². The molecule has 8 heteroatoms. The number of Topliss-reactive ketones (excluding diaryl/α,β-unsaturated/α-hetero) is 1. The van der Waals surface area contributed by atoms with E-state index in [-0.39, 0.29) is 11.3 Å². The van der Waals surface area contributed by atoms with Crippen molar-refractivity contribution >= 4 is 11.7 Å². The Morgan fingerprint density at radius 1 is 1.11 bits per heavy atom. The lowest BCUT2D eigenvalue weighted by molar-refractivity contribution is -0.129. The number of amides is 1. The second-order valence-electron chi connectivity index (χ2n) is 8.90. The van der Waals surface area contributed by atoms with E-state index in [0.29, 0.717) is 49.0 Å². The largest absolute Gasteiger partial charge is 0.503 e. The SMILES string of the molecule is CCCCOc1ccc(C2C(C(=O)c3ccc(C)o3)=C(O)C(=O)N2CCCN(C)C)cc1OCC. The van der Waals surface area contributed by atoms with Gasteiger partial charge in [-0.3, -0.25) is 9.59 Å². The molecule has 1 aromatic carbocycles. The first kappa shape index (κ1) is 26.3. The van der Waals surface area contributed by atoms with Crippen LogP contribution in [0, 0.1) is 6.92 Å². The van der Waals surface area contributed by atoms with Gasteiger partial charge in [-0.1, -0.05) is 19.4 Å². The molecule has 1 atom stereocenters. The summed E-state index contributed by atoms with van der Waals surface area (Å²) in [5, 5.41) is 10.8. The molecular formula is C27H36N2O6. The minimum absolute atomic E-state index is 0.0105. The number of ether oxygens (including phenoxy) is 2. The maximum absolute atomic E-state index is 13.4. The fraction of sp³-hybridized carbons (Fsp3) is 0.481. The van der Waals surface area contributed by atoms with Crippen molar-refractivity contribution < 1.29 is 28.6 Å². The highest BCUT2D eigenvalue weighted by molar-refractivity contribution is 6.15. The van der Waals surface area contributed by atoms with E-state index in [1.165, 1.54) is 0 Å². The molecule has 0 radical (unpaired) electrons. The minimum Gasteiger partial charge on any atom is -0.503 e. The van der Waals surface area contributed by atoms with Crippen molar-refractivity contribution in [1.82, 2.24) is 9.80 Å². The summed E-state index contributed by atoms with van der Waals surface area (Å²) in [6.07, 6.45) is 2.61. The topological polar surface area (TPSA) is 92.5 Å². The average Bonchev–Trinajstić information content (AvgIpc) is 3.36. The summed E-state index contributed by atoms with van der Waals surface area (Å²) in [6, 6.07) is 7.88. The first-order chi connectivity index (χ1) is 16.8. The van der Waals surface area contributed by atoms with Gasteiger partial charge in [0.15, 0.2) is 23.0 Å². The molecule has 2 aromatic rings. The molecule has 190 valence electrons. The van der Waals surface area contributed by atoms with Crippen molar-refractivity contribution in [2.45, 2.75) is 46.1 Å². The lowest BCUT2D eigenvalue weighted by atomic mass is 9.94.